The van der Waals surface area contributed by atoms with Crippen LogP contribution in [0.1, 0.15) is 43.9 Å². The molecule has 1 aliphatic rings. The summed E-state index contributed by atoms with van der Waals surface area (Å²) in [6.07, 6.45) is 2.28. The van der Waals surface area contributed by atoms with Gasteiger partial charge in [-0.1, -0.05) is 43.2 Å². The van der Waals surface area contributed by atoms with Crippen LogP contribution in [0.25, 0.3) is 0 Å². The lowest BCUT2D eigenvalue weighted by molar-refractivity contribution is 0.255. The lowest BCUT2D eigenvalue weighted by atomic mass is 10.1. The zero-order chi connectivity index (χ0) is 18.9. The second-order valence-electron chi connectivity index (χ2n) is 7.57. The van der Waals surface area contributed by atoms with Crippen molar-refractivity contribution in [1.29, 1.82) is 0 Å². The van der Waals surface area contributed by atoms with Crippen molar-refractivity contribution >= 4 is 5.96 Å². The second kappa shape index (κ2) is 10.6. The Morgan fingerprint density at radius 2 is 1.85 bits per heavy atom. The summed E-state index contributed by atoms with van der Waals surface area (Å²) in [5, 5.41) is 3.50. The monoisotopic (exact) mass is 358 g/mol. The Morgan fingerprint density at radius 1 is 1.15 bits per heavy atom. The van der Waals surface area contributed by atoms with Gasteiger partial charge in [-0.3, -0.25) is 4.99 Å². The molecule has 0 saturated carbocycles. The SMILES string of the molecule is CCNC(=NCCc1cc(C)cc(C)c1)N1CCC(CN(CC)CC)C1. The van der Waals surface area contributed by atoms with Crippen LogP contribution in [0.4, 0.5) is 0 Å². The number of nitrogens with one attached hydrogen (secondary N) is 1. The molecule has 1 unspecified atom stereocenters. The summed E-state index contributed by atoms with van der Waals surface area (Å²) >= 11 is 0. The van der Waals surface area contributed by atoms with Crippen LogP contribution in [-0.4, -0.2) is 61.6 Å². The Kier molecular flexibility index (Phi) is 8.43. The number of hydrogen-bond donors (Lipinski definition) is 1. The van der Waals surface area contributed by atoms with Gasteiger partial charge in [0.25, 0.3) is 0 Å². The first-order valence-electron chi connectivity index (χ1n) is 10.4. The highest BCUT2D eigenvalue weighted by Crippen LogP contribution is 2.18. The summed E-state index contributed by atoms with van der Waals surface area (Å²) in [4.78, 5) is 9.92. The van der Waals surface area contributed by atoms with Gasteiger partial charge >= 0.3 is 0 Å². The Hall–Kier alpha value is -1.55. The lowest BCUT2D eigenvalue weighted by Crippen LogP contribution is -2.41. The molecule has 1 aliphatic heterocycles. The Balaban J connectivity index is 1.92. The zero-order valence-corrected chi connectivity index (χ0v) is 17.5. The summed E-state index contributed by atoms with van der Waals surface area (Å²) in [5.74, 6) is 1.86. The molecule has 1 fully saturated rings. The van der Waals surface area contributed by atoms with Crippen molar-refractivity contribution in [3.8, 4) is 0 Å². The minimum absolute atomic E-state index is 0.762. The minimum atomic E-state index is 0.762. The van der Waals surface area contributed by atoms with E-state index in [9.17, 15) is 0 Å². The molecular formula is C22H38N4. The number of aliphatic imine (C=N–C) groups is 1. The van der Waals surface area contributed by atoms with Crippen LogP contribution >= 0.6 is 0 Å². The first kappa shape index (κ1) is 20.8. The summed E-state index contributed by atoms with van der Waals surface area (Å²) in [5.41, 5.74) is 4.08. The average Bonchev–Trinajstić information content (AvgIpc) is 3.06. The second-order valence-corrected chi connectivity index (χ2v) is 7.57. The quantitative estimate of drug-likeness (QED) is 0.570. The maximum Gasteiger partial charge on any atom is 0.193 e. The van der Waals surface area contributed by atoms with Gasteiger partial charge in [0.2, 0.25) is 0 Å². The van der Waals surface area contributed by atoms with Gasteiger partial charge in [-0.15, -0.1) is 0 Å². The smallest absolute Gasteiger partial charge is 0.193 e. The van der Waals surface area contributed by atoms with Crippen LogP contribution in [0.2, 0.25) is 0 Å². The van der Waals surface area contributed by atoms with E-state index in [1.807, 2.05) is 0 Å². The van der Waals surface area contributed by atoms with Gasteiger partial charge in [0.1, 0.15) is 0 Å². The standard InChI is InChI=1S/C22H38N4/c1-6-23-22(24-11-9-20-14-18(4)13-19(5)15-20)26-12-10-21(17-26)16-25(7-2)8-3/h13-15,21H,6-12,16-17H2,1-5H3,(H,23,24). The highest BCUT2D eigenvalue weighted by molar-refractivity contribution is 5.80. The van der Waals surface area contributed by atoms with E-state index in [2.05, 4.69) is 67.9 Å². The van der Waals surface area contributed by atoms with Crippen molar-refractivity contribution in [2.24, 2.45) is 10.9 Å². The normalized spacial score (nSPS) is 18.0. The molecule has 1 heterocycles. The van der Waals surface area contributed by atoms with Gasteiger partial charge in [0.15, 0.2) is 5.96 Å². The molecule has 0 spiro atoms. The van der Waals surface area contributed by atoms with E-state index in [0.29, 0.717) is 0 Å². The summed E-state index contributed by atoms with van der Waals surface area (Å²) in [6.45, 7) is 18.6. The first-order valence-corrected chi connectivity index (χ1v) is 10.4. The fourth-order valence-electron chi connectivity index (χ4n) is 3.95. The lowest BCUT2D eigenvalue weighted by Gasteiger charge is -2.24. The Labute approximate surface area is 160 Å². The third-order valence-electron chi connectivity index (χ3n) is 5.27. The van der Waals surface area contributed by atoms with E-state index >= 15 is 0 Å². The van der Waals surface area contributed by atoms with Crippen LogP contribution in [0, 0.1) is 19.8 Å². The van der Waals surface area contributed by atoms with E-state index in [0.717, 1.165) is 57.6 Å². The number of benzene rings is 1. The predicted molar refractivity (Wildman–Crippen MR) is 113 cm³/mol. The predicted octanol–water partition coefficient (Wildman–Crippen LogP) is 3.48. The fourth-order valence-corrected chi connectivity index (χ4v) is 3.95. The largest absolute Gasteiger partial charge is 0.357 e. The number of likely N-dealkylation sites (tertiary alicyclic amines) is 1. The molecule has 0 amide bonds. The summed E-state index contributed by atoms with van der Waals surface area (Å²) in [7, 11) is 0. The average molecular weight is 359 g/mol. The van der Waals surface area contributed by atoms with E-state index in [4.69, 9.17) is 4.99 Å². The molecular weight excluding hydrogens is 320 g/mol. The molecule has 1 aromatic rings. The minimum Gasteiger partial charge on any atom is -0.357 e. The van der Waals surface area contributed by atoms with Crippen LogP contribution in [0.15, 0.2) is 23.2 Å². The van der Waals surface area contributed by atoms with Crippen LogP contribution in [-0.2, 0) is 6.42 Å². The van der Waals surface area contributed by atoms with Crippen molar-refractivity contribution in [2.45, 2.75) is 47.5 Å². The van der Waals surface area contributed by atoms with Gasteiger partial charge in [-0.2, -0.15) is 0 Å². The van der Waals surface area contributed by atoms with Gasteiger partial charge < -0.3 is 15.1 Å². The molecule has 0 aromatic heterocycles. The molecule has 146 valence electrons. The van der Waals surface area contributed by atoms with E-state index in [-0.39, 0.29) is 0 Å². The first-order chi connectivity index (χ1) is 12.5. The number of rotatable bonds is 8. The third-order valence-corrected chi connectivity index (χ3v) is 5.27. The Morgan fingerprint density at radius 3 is 2.46 bits per heavy atom. The topological polar surface area (TPSA) is 30.9 Å². The summed E-state index contributed by atoms with van der Waals surface area (Å²) in [6, 6.07) is 6.80. The molecule has 0 bridgehead atoms. The van der Waals surface area contributed by atoms with E-state index in [1.54, 1.807) is 0 Å². The third kappa shape index (κ3) is 6.31. The summed E-state index contributed by atoms with van der Waals surface area (Å²) < 4.78 is 0. The van der Waals surface area contributed by atoms with Gasteiger partial charge in [0, 0.05) is 32.7 Å². The van der Waals surface area contributed by atoms with Crippen molar-refractivity contribution < 1.29 is 0 Å². The number of nitrogens with zero attached hydrogens (tertiary/aromatic N) is 3. The van der Waals surface area contributed by atoms with Gasteiger partial charge in [-0.05, 0) is 58.2 Å². The molecule has 26 heavy (non-hydrogen) atoms. The Bertz CT molecular complexity index is 557. The van der Waals surface area contributed by atoms with Crippen LogP contribution in [0.5, 0.6) is 0 Å². The van der Waals surface area contributed by atoms with Crippen molar-refractivity contribution in [3.05, 3.63) is 34.9 Å². The highest BCUT2D eigenvalue weighted by Gasteiger charge is 2.25. The molecule has 1 aromatic carbocycles. The molecule has 4 nitrogen and oxygen atoms in total. The molecule has 2 rings (SSSR count). The highest BCUT2D eigenvalue weighted by atomic mass is 15.3. The number of hydrogen-bond acceptors (Lipinski definition) is 2. The maximum absolute atomic E-state index is 4.92. The maximum atomic E-state index is 4.92. The van der Waals surface area contributed by atoms with Gasteiger partial charge in [0.05, 0.1) is 0 Å². The fraction of sp³-hybridized carbons (Fsp3) is 0.682. The zero-order valence-electron chi connectivity index (χ0n) is 17.5. The van der Waals surface area contributed by atoms with E-state index < -0.39 is 0 Å². The molecule has 1 atom stereocenters. The number of aryl methyl sites for hydroxylation is 2. The van der Waals surface area contributed by atoms with E-state index in [1.165, 1.54) is 29.7 Å². The van der Waals surface area contributed by atoms with Crippen molar-refractivity contribution in [2.75, 3.05) is 45.8 Å². The van der Waals surface area contributed by atoms with Crippen molar-refractivity contribution in [1.82, 2.24) is 15.1 Å². The molecule has 1 N–H and O–H groups in total. The van der Waals surface area contributed by atoms with Gasteiger partial charge in [-0.25, -0.2) is 0 Å². The molecule has 0 radical (unpaired) electrons. The van der Waals surface area contributed by atoms with Crippen LogP contribution < -0.4 is 5.32 Å². The number of guanidine groups is 1. The van der Waals surface area contributed by atoms with Crippen molar-refractivity contribution in [3.63, 3.8) is 0 Å². The molecule has 4 heteroatoms. The molecule has 1 saturated heterocycles. The molecule has 0 aliphatic carbocycles. The van der Waals surface area contributed by atoms with Crippen LogP contribution in [0.3, 0.4) is 0 Å².